The van der Waals surface area contributed by atoms with E-state index in [4.69, 9.17) is 4.74 Å². The Hall–Kier alpha value is -2.64. The topological polar surface area (TPSA) is 74.7 Å². The molecule has 0 saturated carbocycles. The first kappa shape index (κ1) is 22.6. The van der Waals surface area contributed by atoms with Crippen LogP contribution in [0, 0.1) is 5.92 Å². The zero-order chi connectivity index (χ0) is 23.0. The van der Waals surface area contributed by atoms with Crippen molar-refractivity contribution in [2.75, 3.05) is 25.6 Å². The molecular formula is C25H31N3O3S. The largest absolute Gasteiger partial charge is 0.493 e. The van der Waals surface area contributed by atoms with Gasteiger partial charge < -0.3 is 20.1 Å². The summed E-state index contributed by atoms with van der Waals surface area (Å²) in [6, 6.07) is 9.60. The van der Waals surface area contributed by atoms with Crippen LogP contribution in [0.1, 0.15) is 60.5 Å². The lowest BCUT2D eigenvalue weighted by atomic mass is 9.87. The molecule has 0 bridgehead atoms. The molecule has 1 amide bonds. The predicted octanol–water partition coefficient (Wildman–Crippen LogP) is 4.87. The van der Waals surface area contributed by atoms with E-state index in [1.165, 1.54) is 11.3 Å². The molecule has 1 aliphatic heterocycles. The number of para-hydroxylation sites is 1. The number of amides is 1. The van der Waals surface area contributed by atoms with Gasteiger partial charge in [-0.1, -0.05) is 32.0 Å². The van der Waals surface area contributed by atoms with E-state index in [1.807, 2.05) is 56.3 Å². The van der Waals surface area contributed by atoms with Gasteiger partial charge in [0.1, 0.15) is 16.1 Å². The highest BCUT2D eigenvalue weighted by atomic mass is 32.1. The standard InChI is InChI=1S/C25H31N3O3S/c1-15(2)14-25(3,30)17-10-12-26-20-21(28(4)5)23(32-22(17)20)24(29)27-18-11-13-31-19-9-7-6-8-16(18)19/h6-10,12,15,18,30H,11,13-14H2,1-5H3,(H,27,29). The first-order chi connectivity index (χ1) is 15.2. The lowest BCUT2D eigenvalue weighted by Crippen LogP contribution is -2.32. The second kappa shape index (κ2) is 8.71. The Bertz CT molecular complexity index is 1140. The third-order valence-electron chi connectivity index (χ3n) is 5.85. The Morgan fingerprint density at radius 2 is 2.09 bits per heavy atom. The fraction of sp³-hybridized carbons (Fsp3) is 0.440. The SMILES string of the molecule is CC(C)CC(C)(O)c1ccnc2c(N(C)C)c(C(=O)NC3CCOc4ccccc43)sc12. The fourth-order valence-corrected chi connectivity index (χ4v) is 5.97. The highest BCUT2D eigenvalue weighted by Crippen LogP contribution is 2.43. The molecule has 0 fully saturated rings. The van der Waals surface area contributed by atoms with Crippen LogP contribution < -0.4 is 15.0 Å². The third kappa shape index (κ3) is 4.19. The average Bonchev–Trinajstić information content (AvgIpc) is 3.13. The van der Waals surface area contributed by atoms with E-state index in [0.29, 0.717) is 23.8 Å². The van der Waals surface area contributed by atoms with Gasteiger partial charge in [0.2, 0.25) is 0 Å². The van der Waals surface area contributed by atoms with Crippen molar-refractivity contribution in [2.45, 2.75) is 45.3 Å². The molecule has 32 heavy (non-hydrogen) atoms. The molecule has 2 aromatic heterocycles. The number of fused-ring (bicyclic) bond motifs is 2. The third-order valence-corrected chi connectivity index (χ3v) is 7.05. The van der Waals surface area contributed by atoms with Crippen LogP contribution in [-0.2, 0) is 5.60 Å². The first-order valence-corrected chi connectivity index (χ1v) is 11.8. The van der Waals surface area contributed by atoms with E-state index in [-0.39, 0.29) is 11.9 Å². The van der Waals surface area contributed by atoms with E-state index in [9.17, 15) is 9.90 Å². The number of thiophene rings is 1. The molecule has 0 spiro atoms. The van der Waals surface area contributed by atoms with Gasteiger partial charge >= 0.3 is 0 Å². The molecule has 1 aromatic carbocycles. The van der Waals surface area contributed by atoms with Crippen molar-refractivity contribution >= 4 is 33.1 Å². The number of carbonyl (C=O) groups excluding carboxylic acids is 1. The Morgan fingerprint density at radius 1 is 1.34 bits per heavy atom. The van der Waals surface area contributed by atoms with Crippen molar-refractivity contribution in [3.05, 3.63) is 52.5 Å². The molecule has 2 N–H and O–H groups in total. The minimum absolute atomic E-state index is 0.107. The summed E-state index contributed by atoms with van der Waals surface area (Å²) in [6.07, 6.45) is 3.07. The lowest BCUT2D eigenvalue weighted by molar-refractivity contribution is 0.0364. The summed E-state index contributed by atoms with van der Waals surface area (Å²) < 4.78 is 6.60. The van der Waals surface area contributed by atoms with E-state index in [1.54, 1.807) is 6.20 Å². The number of anilines is 1. The second-order valence-electron chi connectivity index (χ2n) is 9.28. The normalized spacial score (nSPS) is 17.5. The van der Waals surface area contributed by atoms with Crippen LogP contribution in [0.5, 0.6) is 5.75 Å². The molecule has 0 aliphatic carbocycles. The number of pyridine rings is 1. The molecule has 3 heterocycles. The molecule has 7 heteroatoms. The maximum absolute atomic E-state index is 13.5. The Balaban J connectivity index is 1.75. The van der Waals surface area contributed by atoms with Crippen LogP contribution in [0.3, 0.4) is 0 Å². The minimum atomic E-state index is -1.00. The number of benzene rings is 1. The number of carbonyl (C=O) groups is 1. The van der Waals surface area contributed by atoms with Crippen LogP contribution in [0.4, 0.5) is 5.69 Å². The van der Waals surface area contributed by atoms with Crippen LogP contribution in [-0.4, -0.2) is 36.7 Å². The summed E-state index contributed by atoms with van der Waals surface area (Å²) in [5, 5.41) is 14.5. The van der Waals surface area contributed by atoms with Crippen LogP contribution in [0.15, 0.2) is 36.5 Å². The summed E-state index contributed by atoms with van der Waals surface area (Å²) in [4.78, 5) is 20.6. The number of ether oxygens (including phenoxy) is 1. The number of hydrogen-bond donors (Lipinski definition) is 2. The van der Waals surface area contributed by atoms with Gasteiger partial charge in [0.25, 0.3) is 5.91 Å². The summed E-state index contributed by atoms with van der Waals surface area (Å²) in [6.45, 7) is 6.60. The number of nitrogens with zero attached hydrogens (tertiary/aromatic N) is 2. The van der Waals surface area contributed by atoms with Crippen LogP contribution in [0.25, 0.3) is 10.2 Å². The van der Waals surface area contributed by atoms with Crippen molar-refractivity contribution in [3.63, 3.8) is 0 Å². The zero-order valence-electron chi connectivity index (χ0n) is 19.3. The Morgan fingerprint density at radius 3 is 2.81 bits per heavy atom. The van der Waals surface area contributed by atoms with Gasteiger partial charge in [-0.2, -0.15) is 0 Å². The van der Waals surface area contributed by atoms with Gasteiger partial charge in [0.05, 0.1) is 28.6 Å². The second-order valence-corrected chi connectivity index (χ2v) is 10.3. The maximum Gasteiger partial charge on any atom is 0.264 e. The molecule has 0 radical (unpaired) electrons. The molecule has 6 nitrogen and oxygen atoms in total. The van der Waals surface area contributed by atoms with Crippen LogP contribution in [0.2, 0.25) is 0 Å². The van der Waals surface area contributed by atoms with Crippen molar-refractivity contribution in [3.8, 4) is 5.75 Å². The van der Waals surface area contributed by atoms with E-state index in [2.05, 4.69) is 24.1 Å². The summed E-state index contributed by atoms with van der Waals surface area (Å²) >= 11 is 1.40. The van der Waals surface area contributed by atoms with Gasteiger partial charge in [-0.05, 0) is 31.4 Å². The number of aromatic nitrogens is 1. The van der Waals surface area contributed by atoms with E-state index < -0.39 is 5.60 Å². The highest BCUT2D eigenvalue weighted by Gasteiger charge is 2.31. The molecule has 3 aromatic rings. The number of nitrogens with one attached hydrogen (secondary N) is 1. The first-order valence-electron chi connectivity index (χ1n) is 11.0. The zero-order valence-corrected chi connectivity index (χ0v) is 20.1. The van der Waals surface area contributed by atoms with Crippen molar-refractivity contribution in [1.29, 1.82) is 0 Å². The van der Waals surface area contributed by atoms with Gasteiger partial charge in [0, 0.05) is 37.8 Å². The van der Waals surface area contributed by atoms with Crippen LogP contribution >= 0.6 is 11.3 Å². The fourth-order valence-electron chi connectivity index (χ4n) is 4.59. The molecule has 4 rings (SSSR count). The number of rotatable bonds is 6. The predicted molar refractivity (Wildman–Crippen MR) is 130 cm³/mol. The molecule has 1 aliphatic rings. The van der Waals surface area contributed by atoms with Crippen molar-refractivity contribution in [1.82, 2.24) is 10.3 Å². The molecule has 0 saturated heterocycles. The lowest BCUT2D eigenvalue weighted by Gasteiger charge is -2.26. The number of aliphatic hydroxyl groups is 1. The summed E-state index contributed by atoms with van der Waals surface area (Å²) in [5.41, 5.74) is 2.35. The van der Waals surface area contributed by atoms with Crippen molar-refractivity contribution < 1.29 is 14.6 Å². The van der Waals surface area contributed by atoms with E-state index in [0.717, 1.165) is 39.2 Å². The smallest absolute Gasteiger partial charge is 0.264 e. The minimum Gasteiger partial charge on any atom is -0.493 e. The van der Waals surface area contributed by atoms with E-state index >= 15 is 0 Å². The van der Waals surface area contributed by atoms with Crippen molar-refractivity contribution in [2.24, 2.45) is 5.92 Å². The Labute approximate surface area is 193 Å². The quantitative estimate of drug-likeness (QED) is 0.557. The Kier molecular flexibility index (Phi) is 6.14. The van der Waals surface area contributed by atoms with Gasteiger partial charge in [-0.25, -0.2) is 0 Å². The molecular weight excluding hydrogens is 422 g/mol. The monoisotopic (exact) mass is 453 g/mol. The number of hydrogen-bond acceptors (Lipinski definition) is 6. The maximum atomic E-state index is 13.5. The van der Waals surface area contributed by atoms with Gasteiger partial charge in [0.15, 0.2) is 0 Å². The molecule has 2 atom stereocenters. The van der Waals surface area contributed by atoms with Gasteiger partial charge in [-0.3, -0.25) is 9.78 Å². The molecule has 170 valence electrons. The summed E-state index contributed by atoms with van der Waals surface area (Å²) in [5.74, 6) is 1.02. The molecule has 2 unspecified atom stereocenters. The highest BCUT2D eigenvalue weighted by molar-refractivity contribution is 7.21. The average molecular weight is 454 g/mol. The summed E-state index contributed by atoms with van der Waals surface area (Å²) in [7, 11) is 3.84. The van der Waals surface area contributed by atoms with Gasteiger partial charge in [-0.15, -0.1) is 11.3 Å².